The van der Waals surface area contributed by atoms with E-state index in [1.807, 2.05) is 24.3 Å². The lowest BCUT2D eigenvalue weighted by Gasteiger charge is -2.21. The van der Waals surface area contributed by atoms with Gasteiger partial charge in [-0.15, -0.1) is 0 Å². The van der Waals surface area contributed by atoms with Crippen molar-refractivity contribution in [1.82, 2.24) is 15.6 Å². The van der Waals surface area contributed by atoms with E-state index in [0.717, 1.165) is 16.5 Å². The first-order valence-electron chi connectivity index (χ1n) is 8.08. The Bertz CT molecular complexity index is 805. The van der Waals surface area contributed by atoms with E-state index in [2.05, 4.69) is 28.2 Å². The predicted molar refractivity (Wildman–Crippen MR) is 101 cm³/mol. The number of aromatic nitrogens is 1. The van der Waals surface area contributed by atoms with Gasteiger partial charge in [-0.1, -0.05) is 18.2 Å². The number of nitrogens with one attached hydrogen (secondary N) is 3. The highest BCUT2D eigenvalue weighted by atomic mass is 32.1. The van der Waals surface area contributed by atoms with Crippen molar-refractivity contribution in [2.75, 3.05) is 5.75 Å². The van der Waals surface area contributed by atoms with Crippen LogP contribution in [0, 0.1) is 0 Å². The Balaban J connectivity index is 2.10. The standard InChI is InChI=1S/C17H22N4O4S/c1-9(18)15(22)21-14(8-26)16(23)20-13(17(24)25)6-10-7-19-12-5-3-2-4-11(10)12/h2-5,7,9,13-14,19,26H,6,8,18H2,1H3,(H,20,23)(H,21,22)(H,24,25)/t9-,13-,14-/m0/s1. The van der Waals surface area contributed by atoms with Crippen LogP contribution in [0.15, 0.2) is 30.5 Å². The van der Waals surface area contributed by atoms with Crippen LogP contribution in [0.25, 0.3) is 10.9 Å². The molecule has 6 N–H and O–H groups in total. The van der Waals surface area contributed by atoms with E-state index in [9.17, 15) is 19.5 Å². The molecule has 0 aliphatic heterocycles. The molecule has 0 radical (unpaired) electrons. The summed E-state index contributed by atoms with van der Waals surface area (Å²) in [6.45, 7) is 1.49. The molecule has 3 atom stereocenters. The van der Waals surface area contributed by atoms with Crippen LogP contribution in [0.3, 0.4) is 0 Å². The molecule has 0 aliphatic rings. The normalized spacial score (nSPS) is 14.4. The van der Waals surface area contributed by atoms with Crippen molar-refractivity contribution in [3.8, 4) is 0 Å². The number of para-hydroxylation sites is 1. The highest BCUT2D eigenvalue weighted by Crippen LogP contribution is 2.19. The quantitative estimate of drug-likeness (QED) is 0.360. The van der Waals surface area contributed by atoms with E-state index < -0.39 is 35.9 Å². The number of amides is 2. The molecular weight excluding hydrogens is 356 g/mol. The molecule has 1 aromatic heterocycles. The fraction of sp³-hybridized carbons (Fsp3) is 0.353. The molecule has 0 aliphatic carbocycles. The summed E-state index contributed by atoms with van der Waals surface area (Å²) < 4.78 is 0. The Morgan fingerprint density at radius 2 is 1.85 bits per heavy atom. The van der Waals surface area contributed by atoms with Crippen molar-refractivity contribution in [2.45, 2.75) is 31.5 Å². The van der Waals surface area contributed by atoms with Gasteiger partial charge in [-0.2, -0.15) is 12.6 Å². The van der Waals surface area contributed by atoms with Crippen molar-refractivity contribution in [2.24, 2.45) is 5.73 Å². The maximum atomic E-state index is 12.4. The van der Waals surface area contributed by atoms with Gasteiger partial charge in [0, 0.05) is 29.3 Å². The van der Waals surface area contributed by atoms with Gasteiger partial charge in [0.2, 0.25) is 11.8 Å². The number of carboxylic acids is 1. The molecule has 0 unspecified atom stereocenters. The lowest BCUT2D eigenvalue weighted by atomic mass is 10.0. The minimum atomic E-state index is -1.17. The average molecular weight is 378 g/mol. The van der Waals surface area contributed by atoms with Gasteiger partial charge >= 0.3 is 5.97 Å². The molecule has 2 rings (SSSR count). The fourth-order valence-corrected chi connectivity index (χ4v) is 2.75. The third-order valence-corrected chi connectivity index (χ3v) is 4.31. The molecule has 0 bridgehead atoms. The second kappa shape index (κ2) is 8.72. The highest BCUT2D eigenvalue weighted by Gasteiger charge is 2.27. The number of rotatable bonds is 8. The third kappa shape index (κ3) is 4.77. The summed E-state index contributed by atoms with van der Waals surface area (Å²) in [4.78, 5) is 38.7. The SMILES string of the molecule is C[C@H](N)C(=O)N[C@@H](CS)C(=O)N[C@@H](Cc1c[nH]c2ccccc12)C(=O)O. The number of H-pyrrole nitrogens is 1. The predicted octanol–water partition coefficient (Wildman–Crippen LogP) is 0.0416. The Morgan fingerprint density at radius 1 is 1.19 bits per heavy atom. The molecule has 8 nitrogen and oxygen atoms in total. The zero-order valence-corrected chi connectivity index (χ0v) is 15.1. The minimum Gasteiger partial charge on any atom is -0.480 e. The van der Waals surface area contributed by atoms with Gasteiger partial charge in [0.1, 0.15) is 12.1 Å². The number of benzene rings is 1. The van der Waals surface area contributed by atoms with Gasteiger partial charge in [-0.05, 0) is 18.6 Å². The maximum absolute atomic E-state index is 12.4. The van der Waals surface area contributed by atoms with Crippen LogP contribution in [0.5, 0.6) is 0 Å². The number of aromatic amines is 1. The lowest BCUT2D eigenvalue weighted by molar-refractivity contribution is -0.142. The van der Waals surface area contributed by atoms with Crippen molar-refractivity contribution < 1.29 is 19.5 Å². The number of hydrogen-bond acceptors (Lipinski definition) is 5. The summed E-state index contributed by atoms with van der Waals surface area (Å²) in [6, 6.07) is 4.59. The average Bonchev–Trinajstić information content (AvgIpc) is 3.01. The lowest BCUT2D eigenvalue weighted by Crippen LogP contribution is -2.55. The number of nitrogens with two attached hydrogens (primary N) is 1. The number of aliphatic carboxylic acids is 1. The zero-order valence-electron chi connectivity index (χ0n) is 14.2. The summed E-state index contributed by atoms with van der Waals surface area (Å²) in [5.74, 6) is -2.28. The van der Waals surface area contributed by atoms with Crippen LogP contribution in [-0.4, -0.2) is 51.8 Å². The molecule has 9 heteroatoms. The summed E-state index contributed by atoms with van der Waals surface area (Å²) in [6.07, 6.45) is 1.83. The fourth-order valence-electron chi connectivity index (χ4n) is 2.49. The van der Waals surface area contributed by atoms with Crippen LogP contribution < -0.4 is 16.4 Å². The first-order valence-corrected chi connectivity index (χ1v) is 8.71. The number of hydrogen-bond donors (Lipinski definition) is 6. The molecule has 140 valence electrons. The molecular formula is C17H22N4O4S. The van der Waals surface area contributed by atoms with Gasteiger partial charge in [0.15, 0.2) is 0 Å². The summed E-state index contributed by atoms with van der Waals surface area (Å²) in [7, 11) is 0. The molecule has 26 heavy (non-hydrogen) atoms. The summed E-state index contributed by atoms with van der Waals surface area (Å²) in [5, 5.41) is 15.3. The Morgan fingerprint density at radius 3 is 2.46 bits per heavy atom. The van der Waals surface area contributed by atoms with Crippen LogP contribution in [0.1, 0.15) is 12.5 Å². The molecule has 1 aromatic carbocycles. The van der Waals surface area contributed by atoms with Crippen molar-refractivity contribution in [1.29, 1.82) is 0 Å². The van der Waals surface area contributed by atoms with E-state index in [1.54, 1.807) is 6.20 Å². The molecule has 1 heterocycles. The first-order chi connectivity index (χ1) is 12.3. The van der Waals surface area contributed by atoms with Crippen molar-refractivity contribution >= 4 is 41.3 Å². The largest absolute Gasteiger partial charge is 0.480 e. The first kappa shape index (κ1) is 19.8. The monoisotopic (exact) mass is 378 g/mol. The topological polar surface area (TPSA) is 137 Å². The van der Waals surface area contributed by atoms with E-state index in [1.165, 1.54) is 6.92 Å². The van der Waals surface area contributed by atoms with Gasteiger partial charge in [-0.25, -0.2) is 4.79 Å². The number of carbonyl (C=O) groups is 3. The summed E-state index contributed by atoms with van der Waals surface area (Å²) in [5.41, 5.74) is 7.12. The van der Waals surface area contributed by atoms with Crippen LogP contribution >= 0.6 is 12.6 Å². The number of fused-ring (bicyclic) bond motifs is 1. The molecule has 2 aromatic rings. The molecule has 0 saturated carbocycles. The second-order valence-corrected chi connectivity index (χ2v) is 6.36. The Labute approximate surface area is 155 Å². The minimum absolute atomic E-state index is 0.0176. The smallest absolute Gasteiger partial charge is 0.326 e. The molecule has 0 fully saturated rings. The van der Waals surface area contributed by atoms with E-state index in [-0.39, 0.29) is 12.2 Å². The van der Waals surface area contributed by atoms with Crippen LogP contribution in [0.4, 0.5) is 0 Å². The third-order valence-electron chi connectivity index (χ3n) is 3.94. The van der Waals surface area contributed by atoms with Crippen molar-refractivity contribution in [3.05, 3.63) is 36.0 Å². The molecule has 0 saturated heterocycles. The van der Waals surface area contributed by atoms with E-state index >= 15 is 0 Å². The van der Waals surface area contributed by atoms with Gasteiger partial charge in [-0.3, -0.25) is 9.59 Å². The zero-order chi connectivity index (χ0) is 19.3. The number of carboxylic acid groups (broad SMARTS) is 1. The summed E-state index contributed by atoms with van der Waals surface area (Å²) >= 11 is 4.04. The second-order valence-electron chi connectivity index (χ2n) is 6.00. The van der Waals surface area contributed by atoms with Crippen molar-refractivity contribution in [3.63, 3.8) is 0 Å². The highest BCUT2D eigenvalue weighted by molar-refractivity contribution is 7.80. The molecule has 2 amide bonds. The maximum Gasteiger partial charge on any atom is 0.326 e. The Hall–Kier alpha value is -2.52. The Kier molecular flexibility index (Phi) is 6.64. The van der Waals surface area contributed by atoms with Crippen LogP contribution in [0.2, 0.25) is 0 Å². The van der Waals surface area contributed by atoms with Gasteiger partial charge in [0.25, 0.3) is 0 Å². The number of carbonyl (C=O) groups excluding carboxylic acids is 2. The van der Waals surface area contributed by atoms with Gasteiger partial charge < -0.3 is 26.5 Å². The van der Waals surface area contributed by atoms with Crippen LogP contribution in [-0.2, 0) is 20.8 Å². The molecule has 0 spiro atoms. The van der Waals surface area contributed by atoms with Gasteiger partial charge in [0.05, 0.1) is 6.04 Å². The van der Waals surface area contributed by atoms with E-state index in [4.69, 9.17) is 5.73 Å². The van der Waals surface area contributed by atoms with E-state index in [0.29, 0.717) is 0 Å². The number of thiol groups is 1.